The van der Waals surface area contributed by atoms with Gasteiger partial charge < -0.3 is 10.1 Å². The monoisotopic (exact) mass is 301 g/mol. The lowest BCUT2D eigenvalue weighted by Crippen LogP contribution is -2.57. The van der Waals surface area contributed by atoms with Crippen molar-refractivity contribution in [2.75, 3.05) is 6.54 Å². The molecule has 0 aliphatic carbocycles. The topological polar surface area (TPSA) is 170 Å². The first-order valence-electron chi connectivity index (χ1n) is 6.31. The number of urea groups is 1. The second kappa shape index (κ2) is 6.01. The Morgan fingerprint density at radius 1 is 1.67 bits per heavy atom. The minimum Gasteiger partial charge on any atom is -0.332 e. The third-order valence-corrected chi connectivity index (χ3v) is 3.61. The van der Waals surface area contributed by atoms with Crippen molar-refractivity contribution in [3.05, 3.63) is 17.2 Å². The number of carbonyl (C=O) groups excluding carboxylic acids is 1. The second-order valence-corrected chi connectivity index (χ2v) is 5.01. The van der Waals surface area contributed by atoms with Crippen molar-refractivity contribution < 1.29 is 14.4 Å². The van der Waals surface area contributed by atoms with Crippen molar-refractivity contribution in [3.8, 4) is 0 Å². The molecule has 2 rings (SSSR count). The molecule has 118 valence electrons. The molecule has 2 aliphatic heterocycles. The molecular formula is C10H19N7O4. The van der Waals surface area contributed by atoms with E-state index in [0.717, 1.165) is 0 Å². The van der Waals surface area contributed by atoms with Gasteiger partial charge in [0.1, 0.15) is 25.0 Å². The molecule has 0 spiro atoms. The third-order valence-electron chi connectivity index (χ3n) is 3.61. The van der Waals surface area contributed by atoms with Gasteiger partial charge in [-0.1, -0.05) is 12.1 Å². The highest BCUT2D eigenvalue weighted by Crippen LogP contribution is 2.36. The highest BCUT2D eigenvalue weighted by Gasteiger charge is 2.55. The molecule has 5 unspecified atom stereocenters. The zero-order valence-corrected chi connectivity index (χ0v) is 11.4. The van der Waals surface area contributed by atoms with Crippen molar-refractivity contribution in [1.82, 2.24) is 15.6 Å². The fourth-order valence-electron chi connectivity index (χ4n) is 2.57. The van der Waals surface area contributed by atoms with Gasteiger partial charge in [-0.2, -0.15) is 4.91 Å². The van der Waals surface area contributed by atoms with Crippen LogP contribution in [-0.2, 0) is 9.57 Å². The lowest BCUT2D eigenvalue weighted by atomic mass is 9.97. The van der Waals surface area contributed by atoms with Crippen LogP contribution in [0, 0.1) is 10.8 Å². The smallest absolute Gasteiger partial charge is 0.325 e. The van der Waals surface area contributed by atoms with E-state index < -0.39 is 30.3 Å². The van der Waals surface area contributed by atoms with E-state index >= 15 is 0 Å². The zero-order valence-electron chi connectivity index (χ0n) is 11.4. The van der Waals surface area contributed by atoms with Gasteiger partial charge in [-0.15, -0.1) is 0 Å². The van der Waals surface area contributed by atoms with Crippen LogP contribution in [0.2, 0.25) is 0 Å². The summed E-state index contributed by atoms with van der Waals surface area (Å²) in [6.45, 7) is 1.40. The molecule has 21 heavy (non-hydrogen) atoms. The van der Waals surface area contributed by atoms with Gasteiger partial charge in [0.05, 0.1) is 0 Å². The maximum absolute atomic E-state index is 12.1. The Morgan fingerprint density at radius 3 is 2.90 bits per heavy atom. The third kappa shape index (κ3) is 2.74. The Bertz CT molecular complexity index is 447. The molecule has 0 radical (unpaired) electrons. The van der Waals surface area contributed by atoms with Crippen LogP contribution in [0.1, 0.15) is 6.92 Å². The average Bonchev–Trinajstić information content (AvgIpc) is 2.70. The molecule has 11 nitrogen and oxygen atoms in total. The van der Waals surface area contributed by atoms with Crippen LogP contribution in [0.5, 0.6) is 0 Å². The van der Waals surface area contributed by atoms with Crippen molar-refractivity contribution in [3.63, 3.8) is 0 Å². The Kier molecular flexibility index (Phi) is 4.51. The lowest BCUT2D eigenvalue weighted by Gasteiger charge is -2.33. The summed E-state index contributed by atoms with van der Waals surface area (Å²) in [6, 6.07) is -0.434. The summed E-state index contributed by atoms with van der Waals surface area (Å²) in [6.07, 6.45) is 1.13. The summed E-state index contributed by atoms with van der Waals surface area (Å²) >= 11 is 0. The van der Waals surface area contributed by atoms with Crippen molar-refractivity contribution in [1.29, 1.82) is 0 Å². The Morgan fingerprint density at radius 2 is 2.38 bits per heavy atom. The minimum absolute atomic E-state index is 0.345. The van der Waals surface area contributed by atoms with Gasteiger partial charge in [0.2, 0.25) is 0 Å². The molecule has 1 saturated heterocycles. The molecule has 2 amide bonds. The van der Waals surface area contributed by atoms with Gasteiger partial charge in [0, 0.05) is 12.1 Å². The number of hydrogen-bond acceptors (Lipinski definition) is 9. The Labute approximate surface area is 120 Å². The SMILES string of the molecule is CC1C(N2C=CC(NN)NC2=O)OC(N)(CN=O)C1ON. The van der Waals surface area contributed by atoms with E-state index in [1.165, 1.54) is 11.1 Å². The number of carbonyl (C=O) groups is 1. The highest BCUT2D eigenvalue weighted by molar-refractivity contribution is 5.77. The Balaban J connectivity index is 2.21. The molecule has 8 N–H and O–H groups in total. The number of nitrogens with zero attached hydrogens (tertiary/aromatic N) is 2. The first-order chi connectivity index (χ1) is 9.96. The number of hydrazine groups is 1. The average molecular weight is 301 g/mol. The lowest BCUT2D eigenvalue weighted by molar-refractivity contribution is -0.113. The molecule has 0 saturated carbocycles. The van der Waals surface area contributed by atoms with E-state index in [4.69, 9.17) is 27.0 Å². The summed E-state index contributed by atoms with van der Waals surface area (Å²) in [5.74, 6) is 10.1. The number of ether oxygens (including phenoxy) is 1. The van der Waals surface area contributed by atoms with E-state index in [1.807, 2.05) is 0 Å². The molecular weight excluding hydrogens is 282 g/mol. The maximum Gasteiger partial charge on any atom is 0.325 e. The molecule has 0 aromatic rings. The molecule has 2 aliphatic rings. The summed E-state index contributed by atoms with van der Waals surface area (Å²) in [7, 11) is 0. The van der Waals surface area contributed by atoms with Gasteiger partial charge >= 0.3 is 6.03 Å². The van der Waals surface area contributed by atoms with Crippen LogP contribution >= 0.6 is 0 Å². The van der Waals surface area contributed by atoms with Crippen molar-refractivity contribution in [2.45, 2.75) is 31.1 Å². The fraction of sp³-hybridized carbons (Fsp3) is 0.700. The normalized spacial score (nSPS) is 39.4. The molecule has 5 atom stereocenters. The van der Waals surface area contributed by atoms with Crippen LogP contribution in [0.15, 0.2) is 17.5 Å². The largest absolute Gasteiger partial charge is 0.332 e. The fourth-order valence-corrected chi connectivity index (χ4v) is 2.57. The predicted molar refractivity (Wildman–Crippen MR) is 71.3 cm³/mol. The molecule has 11 heteroatoms. The summed E-state index contributed by atoms with van der Waals surface area (Å²) in [4.78, 5) is 28.7. The van der Waals surface area contributed by atoms with Crippen LogP contribution in [0.3, 0.4) is 0 Å². The predicted octanol–water partition coefficient (Wildman–Crippen LogP) is -2.01. The quantitative estimate of drug-likeness (QED) is 0.220. The molecule has 2 heterocycles. The van der Waals surface area contributed by atoms with Gasteiger partial charge in [-0.25, -0.2) is 16.1 Å². The zero-order chi connectivity index (χ0) is 15.6. The second-order valence-electron chi connectivity index (χ2n) is 5.01. The van der Waals surface area contributed by atoms with E-state index in [9.17, 15) is 9.70 Å². The number of rotatable bonds is 5. The van der Waals surface area contributed by atoms with E-state index in [1.54, 1.807) is 13.0 Å². The van der Waals surface area contributed by atoms with Crippen molar-refractivity contribution in [2.24, 2.45) is 28.6 Å². The van der Waals surface area contributed by atoms with Gasteiger partial charge in [-0.3, -0.25) is 21.3 Å². The van der Waals surface area contributed by atoms with Crippen LogP contribution in [0.4, 0.5) is 4.79 Å². The van der Waals surface area contributed by atoms with E-state index in [2.05, 4.69) is 15.9 Å². The highest BCUT2D eigenvalue weighted by atomic mass is 16.7. The molecule has 0 bridgehead atoms. The summed E-state index contributed by atoms with van der Waals surface area (Å²) in [5, 5.41) is 5.34. The van der Waals surface area contributed by atoms with Crippen LogP contribution in [0.25, 0.3) is 0 Å². The number of nitrogens with two attached hydrogens (primary N) is 3. The number of nitroso groups, excluding NO2 is 1. The molecule has 0 aromatic heterocycles. The van der Waals surface area contributed by atoms with Gasteiger partial charge in [0.25, 0.3) is 0 Å². The molecule has 0 aromatic carbocycles. The van der Waals surface area contributed by atoms with E-state index in [-0.39, 0.29) is 12.5 Å². The standard InChI is InChI=1S/C10H19N7O4/c1-5-7(21-13)10(11,4-14-19)20-8(5)17-3-2-6(16-12)15-9(17)18/h2-3,5-8,16H,4,11-13H2,1H3,(H,15,18). The number of nitrogens with one attached hydrogen (secondary N) is 2. The number of hydrogen-bond donors (Lipinski definition) is 5. The van der Waals surface area contributed by atoms with Crippen molar-refractivity contribution >= 4 is 6.03 Å². The van der Waals surface area contributed by atoms with Crippen LogP contribution < -0.4 is 28.2 Å². The maximum atomic E-state index is 12.1. The van der Waals surface area contributed by atoms with E-state index in [0.29, 0.717) is 0 Å². The minimum atomic E-state index is -1.49. The summed E-state index contributed by atoms with van der Waals surface area (Å²) in [5.41, 5.74) is 6.89. The first kappa shape index (κ1) is 15.8. The Hall–Kier alpha value is -1.63. The molecule has 1 fully saturated rings. The van der Waals surface area contributed by atoms with Crippen LogP contribution in [-0.4, -0.2) is 41.7 Å². The van der Waals surface area contributed by atoms with Gasteiger partial charge in [-0.05, 0) is 6.08 Å². The number of amides is 2. The van der Waals surface area contributed by atoms with Gasteiger partial charge in [0.15, 0.2) is 5.72 Å². The summed E-state index contributed by atoms with van der Waals surface area (Å²) < 4.78 is 5.63. The first-order valence-corrected chi connectivity index (χ1v) is 6.31.